The molecule has 158 valence electrons. The summed E-state index contributed by atoms with van der Waals surface area (Å²) >= 11 is 0. The molecular weight excluding hydrogens is 392 g/mol. The molecular formula is C23H24N6O2. The molecule has 5 aromatic rings. The van der Waals surface area contributed by atoms with Gasteiger partial charge < -0.3 is 23.2 Å². The van der Waals surface area contributed by atoms with Crippen LogP contribution in [0, 0.1) is 0 Å². The lowest BCUT2D eigenvalue weighted by Gasteiger charge is -2.24. The number of fused-ring (bicyclic) bond motifs is 2. The Kier molecular flexibility index (Phi) is 4.60. The van der Waals surface area contributed by atoms with Crippen LogP contribution in [0.15, 0.2) is 80.2 Å². The molecule has 2 unspecified atom stereocenters. The molecule has 0 radical (unpaired) electrons. The molecule has 1 N–H and O–H groups in total. The van der Waals surface area contributed by atoms with Crippen molar-refractivity contribution in [1.82, 2.24) is 28.3 Å². The minimum Gasteiger partial charge on any atom is -0.384 e. The van der Waals surface area contributed by atoms with Gasteiger partial charge in [-0.05, 0) is 49.2 Å². The van der Waals surface area contributed by atoms with Crippen LogP contribution in [-0.2, 0) is 22.5 Å². The molecule has 6 heterocycles. The molecule has 0 amide bonds. The molecule has 5 aromatic heterocycles. The second kappa shape index (κ2) is 7.33. The molecule has 2 atom stereocenters. The van der Waals surface area contributed by atoms with Gasteiger partial charge in [0.1, 0.15) is 22.5 Å². The monoisotopic (exact) mass is 416 g/mol. The van der Waals surface area contributed by atoms with E-state index in [1.54, 1.807) is 31.8 Å². The van der Waals surface area contributed by atoms with Gasteiger partial charge in [-0.2, -0.15) is 0 Å². The van der Waals surface area contributed by atoms with Gasteiger partial charge in [0.2, 0.25) is 0 Å². The first-order valence-electron chi connectivity index (χ1n) is 10.1. The van der Waals surface area contributed by atoms with Crippen LogP contribution in [0.4, 0.5) is 0 Å². The molecule has 0 aromatic carbocycles. The molecule has 6 rings (SSSR count). The summed E-state index contributed by atoms with van der Waals surface area (Å²) in [6.45, 7) is 5.18. The molecule has 0 spiro atoms. The fraction of sp³-hybridized carbons (Fsp3) is 0.261. The van der Waals surface area contributed by atoms with Crippen LogP contribution in [-0.4, -0.2) is 40.0 Å². The molecule has 1 saturated heterocycles. The first kappa shape index (κ1) is 19.5. The third kappa shape index (κ3) is 3.95. The maximum absolute atomic E-state index is 10.6. The highest BCUT2D eigenvalue weighted by Crippen LogP contribution is 2.37. The average Bonchev–Trinajstić information content (AvgIpc) is 3.23. The van der Waals surface area contributed by atoms with Crippen molar-refractivity contribution in [3.63, 3.8) is 0 Å². The lowest BCUT2D eigenvalue weighted by molar-refractivity contribution is 0.0382. The molecule has 1 fully saturated rings. The van der Waals surface area contributed by atoms with Crippen molar-refractivity contribution >= 4 is 11.3 Å². The summed E-state index contributed by atoms with van der Waals surface area (Å²) in [6.07, 6.45) is 16.5. The van der Waals surface area contributed by atoms with E-state index in [2.05, 4.69) is 34.0 Å². The summed E-state index contributed by atoms with van der Waals surface area (Å²) in [7, 11) is 0. The molecule has 8 heteroatoms. The van der Waals surface area contributed by atoms with Crippen LogP contribution in [0.1, 0.15) is 25.0 Å². The minimum atomic E-state index is -0.950. The quantitative estimate of drug-likeness (QED) is 0.455. The van der Waals surface area contributed by atoms with Gasteiger partial charge in [0.25, 0.3) is 0 Å². The number of aliphatic hydroxyl groups is 1. The van der Waals surface area contributed by atoms with Crippen molar-refractivity contribution in [3.05, 3.63) is 91.3 Å². The lowest BCUT2D eigenvalue weighted by atomic mass is 9.97. The number of hydrogen-bond acceptors (Lipinski definition) is 5. The van der Waals surface area contributed by atoms with Crippen LogP contribution < -0.4 is 0 Å². The summed E-state index contributed by atoms with van der Waals surface area (Å²) in [6, 6.07) is 7.97. The fourth-order valence-electron chi connectivity index (χ4n) is 3.59. The van der Waals surface area contributed by atoms with Crippen molar-refractivity contribution in [2.75, 3.05) is 6.61 Å². The summed E-state index contributed by atoms with van der Waals surface area (Å²) in [4.78, 5) is 12.4. The van der Waals surface area contributed by atoms with Crippen molar-refractivity contribution in [2.24, 2.45) is 0 Å². The van der Waals surface area contributed by atoms with E-state index in [1.165, 1.54) is 5.56 Å². The number of nitrogens with zero attached hydrogens (tertiary/aromatic N) is 6. The van der Waals surface area contributed by atoms with Crippen molar-refractivity contribution in [3.8, 4) is 0 Å². The van der Waals surface area contributed by atoms with Gasteiger partial charge in [0, 0.05) is 49.6 Å². The molecule has 1 aliphatic heterocycles. The Hall–Kier alpha value is -3.49. The van der Waals surface area contributed by atoms with Gasteiger partial charge in [0.05, 0.1) is 19.5 Å². The second-order valence-corrected chi connectivity index (χ2v) is 8.24. The Morgan fingerprint density at radius 1 is 1.00 bits per heavy atom. The first-order valence-corrected chi connectivity index (χ1v) is 10.1. The average molecular weight is 416 g/mol. The fourth-order valence-corrected chi connectivity index (χ4v) is 3.59. The van der Waals surface area contributed by atoms with Gasteiger partial charge in [-0.15, -0.1) is 0 Å². The van der Waals surface area contributed by atoms with E-state index < -0.39 is 5.60 Å². The number of imidazole rings is 3. The zero-order valence-corrected chi connectivity index (χ0v) is 17.5. The maximum Gasteiger partial charge on any atom is 0.137 e. The Morgan fingerprint density at radius 2 is 1.68 bits per heavy atom. The van der Waals surface area contributed by atoms with Gasteiger partial charge in [-0.25, -0.2) is 15.0 Å². The molecule has 0 bridgehead atoms. The predicted molar refractivity (Wildman–Crippen MR) is 115 cm³/mol. The number of rotatable bonds is 4. The van der Waals surface area contributed by atoms with Crippen molar-refractivity contribution in [1.29, 1.82) is 0 Å². The van der Waals surface area contributed by atoms with Crippen molar-refractivity contribution in [2.45, 2.75) is 31.6 Å². The predicted octanol–water partition coefficient (Wildman–Crippen LogP) is 3.02. The summed E-state index contributed by atoms with van der Waals surface area (Å²) in [5, 5.41) is 10.6. The Labute approximate surface area is 179 Å². The maximum atomic E-state index is 10.6. The van der Waals surface area contributed by atoms with E-state index in [-0.39, 0.29) is 5.60 Å². The van der Waals surface area contributed by atoms with E-state index in [0.29, 0.717) is 6.54 Å². The number of epoxide rings is 1. The van der Waals surface area contributed by atoms with Crippen molar-refractivity contribution < 1.29 is 9.84 Å². The number of hydrogen-bond donors (Lipinski definition) is 1. The molecule has 31 heavy (non-hydrogen) atoms. The van der Waals surface area contributed by atoms with Crippen LogP contribution >= 0.6 is 0 Å². The van der Waals surface area contributed by atoms with Gasteiger partial charge in [-0.3, -0.25) is 0 Å². The SMILES string of the molecule is CC(O)(Cn1ccnc1)c1ccn2ccnc2c1.CC1(c2ccn3ccnc3c2)CO1. The topological polar surface area (TPSA) is 85.2 Å². The second-order valence-electron chi connectivity index (χ2n) is 8.24. The number of aromatic nitrogens is 6. The molecule has 8 nitrogen and oxygen atoms in total. The molecule has 0 saturated carbocycles. The van der Waals surface area contributed by atoms with E-state index in [0.717, 1.165) is 23.5 Å². The van der Waals surface area contributed by atoms with E-state index >= 15 is 0 Å². The Balaban J connectivity index is 0.000000138. The summed E-state index contributed by atoms with van der Waals surface area (Å²) < 4.78 is 11.1. The zero-order valence-electron chi connectivity index (χ0n) is 17.5. The highest BCUT2D eigenvalue weighted by Gasteiger charge is 2.41. The van der Waals surface area contributed by atoms with E-state index in [1.807, 2.05) is 56.5 Å². The standard InChI is InChI=1S/C13H14N4O.C10H10N2O/c1-13(18,9-16-6-3-14-10-16)11-2-5-17-7-4-15-12(17)8-11;1-10(7-13-10)8-2-4-12-5-3-11-9(12)6-8/h2-8,10,18H,9H2,1H3;2-6H,7H2,1H3. The lowest BCUT2D eigenvalue weighted by Crippen LogP contribution is -2.27. The minimum absolute atomic E-state index is 0.0479. The normalized spacial score (nSPS) is 19.7. The van der Waals surface area contributed by atoms with Crippen LogP contribution in [0.2, 0.25) is 0 Å². The Morgan fingerprint density at radius 3 is 2.32 bits per heavy atom. The summed E-state index contributed by atoms with van der Waals surface area (Å²) in [5.74, 6) is 0. The van der Waals surface area contributed by atoms with E-state index in [9.17, 15) is 5.11 Å². The number of pyridine rings is 2. The zero-order chi connectivity index (χ0) is 21.5. The van der Waals surface area contributed by atoms with Crippen LogP contribution in [0.25, 0.3) is 11.3 Å². The molecule has 1 aliphatic rings. The Bertz CT molecular complexity index is 1310. The third-order valence-corrected chi connectivity index (χ3v) is 5.66. The molecule has 0 aliphatic carbocycles. The highest BCUT2D eigenvalue weighted by atomic mass is 16.6. The van der Waals surface area contributed by atoms with Gasteiger partial charge >= 0.3 is 0 Å². The van der Waals surface area contributed by atoms with Crippen LogP contribution in [0.3, 0.4) is 0 Å². The van der Waals surface area contributed by atoms with E-state index in [4.69, 9.17) is 4.74 Å². The van der Waals surface area contributed by atoms with Crippen LogP contribution in [0.5, 0.6) is 0 Å². The number of ether oxygens (including phenoxy) is 1. The largest absolute Gasteiger partial charge is 0.384 e. The first-order chi connectivity index (χ1) is 14.9. The van der Waals surface area contributed by atoms with Gasteiger partial charge in [-0.1, -0.05) is 0 Å². The smallest absolute Gasteiger partial charge is 0.137 e. The summed E-state index contributed by atoms with van der Waals surface area (Å²) in [5.41, 5.74) is 2.87. The highest BCUT2D eigenvalue weighted by molar-refractivity contribution is 5.44. The third-order valence-electron chi connectivity index (χ3n) is 5.66. The van der Waals surface area contributed by atoms with Gasteiger partial charge in [0.15, 0.2) is 0 Å².